The normalized spacial score (nSPS) is 10.7. The molecule has 0 radical (unpaired) electrons. The number of aryl methyl sites for hydroxylation is 1. The van der Waals surface area contributed by atoms with E-state index >= 15 is 0 Å². The maximum atomic E-state index is 12.1. The lowest BCUT2D eigenvalue weighted by Crippen LogP contribution is -2.23. The van der Waals surface area contributed by atoms with Crippen molar-refractivity contribution in [3.63, 3.8) is 0 Å². The highest BCUT2D eigenvalue weighted by Crippen LogP contribution is 2.18. The molecule has 0 saturated heterocycles. The van der Waals surface area contributed by atoms with E-state index in [0.717, 1.165) is 21.8 Å². The molecule has 0 saturated carbocycles. The van der Waals surface area contributed by atoms with Crippen LogP contribution in [-0.2, 0) is 17.9 Å². The van der Waals surface area contributed by atoms with Crippen LogP contribution in [-0.4, -0.2) is 20.7 Å². The van der Waals surface area contributed by atoms with Gasteiger partial charge in [0.25, 0.3) is 0 Å². The first-order valence-corrected chi connectivity index (χ1v) is 8.93. The first-order valence-electron chi connectivity index (χ1n) is 7.65. The number of nitrogens with zero attached hydrogens (tertiary/aromatic N) is 2. The minimum absolute atomic E-state index is 0.00157. The minimum Gasteiger partial charge on any atom is -0.351 e. The van der Waals surface area contributed by atoms with Gasteiger partial charge in [0.1, 0.15) is 0 Å². The van der Waals surface area contributed by atoms with Crippen molar-refractivity contribution >= 4 is 29.5 Å². The van der Waals surface area contributed by atoms with Crippen molar-refractivity contribution in [2.45, 2.75) is 26.4 Å². The molecule has 24 heavy (non-hydrogen) atoms. The topological polar surface area (TPSA) is 62.7 Å². The Morgan fingerprint density at radius 3 is 3.00 bits per heavy atom. The van der Waals surface area contributed by atoms with Crippen molar-refractivity contribution in [1.29, 1.82) is 0 Å². The smallest absolute Gasteiger partial charge is 0.222 e. The molecule has 0 spiro atoms. The summed E-state index contributed by atoms with van der Waals surface area (Å²) in [6, 6.07) is 12.1. The lowest BCUT2D eigenvalue weighted by molar-refractivity contribution is -0.121. The predicted molar refractivity (Wildman–Crippen MR) is 98.4 cm³/mol. The standard InChI is InChI=1S/C17H18N4OS2/c1-12-4-2-5-13(10-12)16-19-20-17(23)21(16)8-7-15(22)18-11-14-6-3-9-24-14/h2-6,9-10H,7-8,11H2,1H3,(H,18,22)(H,20,23). The van der Waals surface area contributed by atoms with E-state index in [2.05, 4.69) is 21.6 Å². The van der Waals surface area contributed by atoms with E-state index in [1.165, 1.54) is 0 Å². The lowest BCUT2D eigenvalue weighted by Gasteiger charge is -2.08. The second kappa shape index (κ2) is 7.55. The van der Waals surface area contributed by atoms with Crippen LogP contribution < -0.4 is 5.32 Å². The van der Waals surface area contributed by atoms with Gasteiger partial charge >= 0.3 is 0 Å². The summed E-state index contributed by atoms with van der Waals surface area (Å²) in [6.07, 6.45) is 0.359. The third-order valence-electron chi connectivity index (χ3n) is 3.64. The molecule has 7 heteroatoms. The molecule has 3 aromatic rings. The third-order valence-corrected chi connectivity index (χ3v) is 4.82. The van der Waals surface area contributed by atoms with Crippen LogP contribution in [0.2, 0.25) is 0 Å². The molecule has 2 aromatic heterocycles. The summed E-state index contributed by atoms with van der Waals surface area (Å²) in [4.78, 5) is 13.2. The molecular weight excluding hydrogens is 340 g/mol. The lowest BCUT2D eigenvalue weighted by atomic mass is 10.1. The number of benzene rings is 1. The number of aromatic nitrogens is 3. The Hall–Kier alpha value is -2.25. The zero-order chi connectivity index (χ0) is 16.9. The van der Waals surface area contributed by atoms with Crippen LogP contribution in [0.15, 0.2) is 41.8 Å². The van der Waals surface area contributed by atoms with Crippen molar-refractivity contribution < 1.29 is 4.79 Å². The van der Waals surface area contributed by atoms with E-state index in [4.69, 9.17) is 12.2 Å². The quantitative estimate of drug-likeness (QED) is 0.661. The summed E-state index contributed by atoms with van der Waals surface area (Å²) < 4.78 is 2.40. The Labute approximate surface area is 149 Å². The maximum absolute atomic E-state index is 12.1. The second-order valence-electron chi connectivity index (χ2n) is 5.48. The zero-order valence-electron chi connectivity index (χ0n) is 13.3. The van der Waals surface area contributed by atoms with Crippen molar-refractivity contribution in [3.8, 4) is 11.4 Å². The minimum atomic E-state index is 0.00157. The summed E-state index contributed by atoms with van der Waals surface area (Å²) in [5, 5.41) is 12.1. The molecule has 0 fully saturated rings. The van der Waals surface area contributed by atoms with Crippen LogP contribution in [0, 0.1) is 11.7 Å². The molecule has 3 rings (SSSR count). The van der Waals surface area contributed by atoms with Crippen LogP contribution in [0.4, 0.5) is 0 Å². The molecule has 0 aliphatic heterocycles. The fourth-order valence-electron chi connectivity index (χ4n) is 2.43. The number of carbonyl (C=O) groups is 1. The molecular formula is C17H18N4OS2. The Kier molecular flexibility index (Phi) is 5.22. The third kappa shape index (κ3) is 3.98. The van der Waals surface area contributed by atoms with Crippen molar-refractivity contribution in [2.75, 3.05) is 0 Å². The Morgan fingerprint density at radius 2 is 2.25 bits per heavy atom. The van der Waals surface area contributed by atoms with Crippen LogP contribution in [0.25, 0.3) is 11.4 Å². The van der Waals surface area contributed by atoms with Gasteiger partial charge in [-0.05, 0) is 36.7 Å². The predicted octanol–water partition coefficient (Wildman–Crippen LogP) is 3.68. The second-order valence-corrected chi connectivity index (χ2v) is 6.90. The highest BCUT2D eigenvalue weighted by molar-refractivity contribution is 7.71. The van der Waals surface area contributed by atoms with E-state index in [-0.39, 0.29) is 5.91 Å². The van der Waals surface area contributed by atoms with Crippen LogP contribution in [0.3, 0.4) is 0 Å². The van der Waals surface area contributed by atoms with Gasteiger partial charge in [-0.25, -0.2) is 0 Å². The highest BCUT2D eigenvalue weighted by atomic mass is 32.1. The number of carbonyl (C=O) groups excluding carboxylic acids is 1. The van der Waals surface area contributed by atoms with E-state index in [9.17, 15) is 4.79 Å². The monoisotopic (exact) mass is 358 g/mol. The van der Waals surface area contributed by atoms with Gasteiger partial charge in [-0.2, -0.15) is 5.10 Å². The summed E-state index contributed by atoms with van der Waals surface area (Å²) >= 11 is 6.93. The van der Waals surface area contributed by atoms with E-state index < -0.39 is 0 Å². The number of rotatable bonds is 6. The average molecular weight is 358 g/mol. The van der Waals surface area contributed by atoms with E-state index in [1.54, 1.807) is 11.3 Å². The number of hydrogen-bond acceptors (Lipinski definition) is 4. The number of nitrogens with one attached hydrogen (secondary N) is 2. The van der Waals surface area contributed by atoms with Gasteiger partial charge in [-0.15, -0.1) is 11.3 Å². The SMILES string of the molecule is Cc1cccc(-c2n[nH]c(=S)n2CCC(=O)NCc2cccs2)c1. The molecule has 2 N–H and O–H groups in total. The molecule has 0 atom stereocenters. The summed E-state index contributed by atoms with van der Waals surface area (Å²) in [5.74, 6) is 0.761. The molecule has 124 valence electrons. The molecule has 0 aliphatic carbocycles. The van der Waals surface area contributed by atoms with Gasteiger partial charge in [0.15, 0.2) is 10.6 Å². The number of aromatic amines is 1. The maximum Gasteiger partial charge on any atom is 0.222 e. The fourth-order valence-corrected chi connectivity index (χ4v) is 3.30. The summed E-state index contributed by atoms with van der Waals surface area (Å²) in [6.45, 7) is 3.10. The molecule has 1 amide bonds. The first-order chi connectivity index (χ1) is 11.6. The number of H-pyrrole nitrogens is 1. The van der Waals surface area contributed by atoms with Crippen LogP contribution in [0.1, 0.15) is 16.9 Å². The average Bonchev–Trinajstić information content (AvgIpc) is 3.21. The molecule has 5 nitrogen and oxygen atoms in total. The van der Waals surface area contributed by atoms with Crippen LogP contribution in [0.5, 0.6) is 0 Å². The largest absolute Gasteiger partial charge is 0.351 e. The van der Waals surface area contributed by atoms with E-state index in [1.807, 2.05) is 47.2 Å². The molecule has 0 aliphatic rings. The molecule has 0 bridgehead atoms. The fraction of sp³-hybridized carbons (Fsp3) is 0.235. The van der Waals surface area contributed by atoms with Crippen LogP contribution >= 0.6 is 23.6 Å². The highest BCUT2D eigenvalue weighted by Gasteiger charge is 2.11. The number of amides is 1. The van der Waals surface area contributed by atoms with Gasteiger partial charge in [0, 0.05) is 23.4 Å². The number of hydrogen-bond donors (Lipinski definition) is 2. The summed E-state index contributed by atoms with van der Waals surface area (Å²) in [7, 11) is 0. The van der Waals surface area contributed by atoms with Gasteiger partial charge in [-0.1, -0.05) is 29.8 Å². The van der Waals surface area contributed by atoms with Crippen molar-refractivity contribution in [1.82, 2.24) is 20.1 Å². The van der Waals surface area contributed by atoms with Crippen molar-refractivity contribution in [2.24, 2.45) is 0 Å². The van der Waals surface area contributed by atoms with Gasteiger partial charge in [0.05, 0.1) is 6.54 Å². The van der Waals surface area contributed by atoms with Gasteiger partial charge < -0.3 is 5.32 Å². The van der Waals surface area contributed by atoms with Crippen molar-refractivity contribution in [3.05, 3.63) is 57.0 Å². The molecule has 1 aromatic carbocycles. The Morgan fingerprint density at radius 1 is 1.38 bits per heavy atom. The van der Waals surface area contributed by atoms with Gasteiger partial charge in [-0.3, -0.25) is 14.5 Å². The molecule has 2 heterocycles. The first kappa shape index (κ1) is 16.6. The summed E-state index contributed by atoms with van der Waals surface area (Å²) in [5.41, 5.74) is 2.14. The Bertz CT molecular complexity index is 880. The van der Waals surface area contributed by atoms with E-state index in [0.29, 0.717) is 24.3 Å². The Balaban J connectivity index is 1.66. The molecule has 0 unspecified atom stereocenters. The zero-order valence-corrected chi connectivity index (χ0v) is 14.9. The number of thiophene rings is 1. The van der Waals surface area contributed by atoms with Gasteiger partial charge in [0.2, 0.25) is 5.91 Å².